The minimum Gasteiger partial charge on any atom is -0.494 e. The van der Waals surface area contributed by atoms with Gasteiger partial charge in [-0.05, 0) is 56.4 Å². The maximum Gasteiger partial charge on any atom is 0.119 e. The summed E-state index contributed by atoms with van der Waals surface area (Å²) >= 11 is 0. The lowest BCUT2D eigenvalue weighted by Gasteiger charge is -2.17. The van der Waals surface area contributed by atoms with E-state index in [1.807, 2.05) is 60.7 Å². The van der Waals surface area contributed by atoms with E-state index in [0.29, 0.717) is 6.10 Å². The summed E-state index contributed by atoms with van der Waals surface area (Å²) in [6.45, 7) is 2.98. The summed E-state index contributed by atoms with van der Waals surface area (Å²) in [7, 11) is 0. The molecule has 0 radical (unpaired) electrons. The first kappa shape index (κ1) is 16.4. The lowest BCUT2D eigenvalue weighted by Crippen LogP contribution is -2.15. The van der Waals surface area contributed by atoms with Crippen molar-refractivity contribution >= 4 is 0 Å². The van der Waals surface area contributed by atoms with Gasteiger partial charge in [-0.1, -0.05) is 43.3 Å². The molecule has 0 N–H and O–H groups in total. The third kappa shape index (κ3) is 6.21. The van der Waals surface area contributed by atoms with Gasteiger partial charge >= 0.3 is 0 Å². The number of hydrogen-bond acceptors (Lipinski definition) is 2. The van der Waals surface area contributed by atoms with Crippen molar-refractivity contribution in [2.45, 2.75) is 45.1 Å². The fourth-order valence-electron chi connectivity index (χ4n) is 2.40. The molecule has 118 valence electrons. The van der Waals surface area contributed by atoms with Gasteiger partial charge in [0.2, 0.25) is 0 Å². The van der Waals surface area contributed by atoms with Crippen molar-refractivity contribution in [3.8, 4) is 11.5 Å². The Kier molecular flexibility index (Phi) is 7.37. The standard InChI is InChI=1S/C20H26O2/c1-2-18(22-20-15-8-4-9-16-20)12-10-5-11-17-21-19-13-6-3-7-14-19/h3-4,6-9,13-16,18H,2,5,10-12,17H2,1H3. The molecule has 1 unspecified atom stereocenters. The van der Waals surface area contributed by atoms with E-state index >= 15 is 0 Å². The summed E-state index contributed by atoms with van der Waals surface area (Å²) in [5, 5.41) is 0. The van der Waals surface area contributed by atoms with Crippen molar-refractivity contribution in [3.05, 3.63) is 60.7 Å². The van der Waals surface area contributed by atoms with Crippen LogP contribution in [0, 0.1) is 0 Å². The molecule has 22 heavy (non-hydrogen) atoms. The number of ether oxygens (including phenoxy) is 2. The molecule has 0 spiro atoms. The predicted molar refractivity (Wildman–Crippen MR) is 91.6 cm³/mol. The SMILES string of the molecule is CCC(CCCCCOc1ccccc1)Oc1ccccc1. The maximum atomic E-state index is 6.01. The molecule has 2 nitrogen and oxygen atoms in total. The molecule has 0 aliphatic heterocycles. The summed E-state index contributed by atoms with van der Waals surface area (Å²) in [4.78, 5) is 0. The van der Waals surface area contributed by atoms with Crippen LogP contribution >= 0.6 is 0 Å². The number of para-hydroxylation sites is 2. The van der Waals surface area contributed by atoms with Crippen molar-refractivity contribution in [2.75, 3.05) is 6.61 Å². The van der Waals surface area contributed by atoms with E-state index in [1.165, 1.54) is 12.8 Å². The van der Waals surface area contributed by atoms with E-state index in [2.05, 4.69) is 6.92 Å². The van der Waals surface area contributed by atoms with Gasteiger partial charge in [0.05, 0.1) is 12.7 Å². The molecule has 0 aliphatic rings. The number of unbranched alkanes of at least 4 members (excludes halogenated alkanes) is 2. The third-order valence-corrected chi connectivity index (χ3v) is 3.68. The van der Waals surface area contributed by atoms with E-state index in [9.17, 15) is 0 Å². The molecule has 1 atom stereocenters. The Morgan fingerprint density at radius 3 is 2.05 bits per heavy atom. The van der Waals surface area contributed by atoms with Crippen LogP contribution in [0.3, 0.4) is 0 Å². The van der Waals surface area contributed by atoms with Crippen LogP contribution < -0.4 is 9.47 Å². The zero-order chi connectivity index (χ0) is 15.5. The summed E-state index contributed by atoms with van der Waals surface area (Å²) in [6, 6.07) is 20.1. The molecule has 2 aromatic rings. The monoisotopic (exact) mass is 298 g/mol. The van der Waals surface area contributed by atoms with Gasteiger partial charge < -0.3 is 9.47 Å². The number of rotatable bonds is 10. The average molecular weight is 298 g/mol. The van der Waals surface area contributed by atoms with E-state index in [-0.39, 0.29) is 0 Å². The Labute approximate surface area is 134 Å². The molecule has 0 aliphatic carbocycles. The quantitative estimate of drug-likeness (QED) is 0.540. The molecule has 0 saturated carbocycles. The van der Waals surface area contributed by atoms with Crippen LogP contribution in [0.1, 0.15) is 39.0 Å². The highest BCUT2D eigenvalue weighted by Gasteiger charge is 2.07. The summed E-state index contributed by atoms with van der Waals surface area (Å²) in [6.07, 6.45) is 5.94. The summed E-state index contributed by atoms with van der Waals surface area (Å²) in [5.74, 6) is 1.93. The molecular formula is C20H26O2. The predicted octanol–water partition coefficient (Wildman–Crippen LogP) is 5.48. The zero-order valence-corrected chi connectivity index (χ0v) is 13.4. The number of benzene rings is 2. The van der Waals surface area contributed by atoms with Crippen LogP contribution in [0.4, 0.5) is 0 Å². The summed E-state index contributed by atoms with van der Waals surface area (Å²) < 4.78 is 11.7. The molecule has 0 aromatic heterocycles. The van der Waals surface area contributed by atoms with Crippen LogP contribution in [0.2, 0.25) is 0 Å². The molecule has 0 saturated heterocycles. The zero-order valence-electron chi connectivity index (χ0n) is 13.4. The molecular weight excluding hydrogens is 272 g/mol. The lowest BCUT2D eigenvalue weighted by molar-refractivity contribution is 0.181. The maximum absolute atomic E-state index is 6.01. The van der Waals surface area contributed by atoms with Gasteiger partial charge in [-0.3, -0.25) is 0 Å². The first-order chi connectivity index (χ1) is 10.9. The second kappa shape index (κ2) is 9.88. The topological polar surface area (TPSA) is 18.5 Å². The Balaban J connectivity index is 1.57. The van der Waals surface area contributed by atoms with Crippen LogP contribution in [0.25, 0.3) is 0 Å². The molecule has 0 bridgehead atoms. The molecule has 0 amide bonds. The molecule has 0 fully saturated rings. The fraction of sp³-hybridized carbons (Fsp3) is 0.400. The first-order valence-corrected chi connectivity index (χ1v) is 8.28. The Morgan fingerprint density at radius 2 is 1.41 bits per heavy atom. The normalized spacial score (nSPS) is 11.9. The van der Waals surface area contributed by atoms with Gasteiger partial charge in [0.25, 0.3) is 0 Å². The summed E-state index contributed by atoms with van der Waals surface area (Å²) in [5.41, 5.74) is 0. The van der Waals surface area contributed by atoms with E-state index in [0.717, 1.165) is 37.4 Å². The lowest BCUT2D eigenvalue weighted by atomic mass is 10.1. The van der Waals surface area contributed by atoms with Crippen LogP contribution in [0.5, 0.6) is 11.5 Å². The fourth-order valence-corrected chi connectivity index (χ4v) is 2.40. The highest BCUT2D eigenvalue weighted by atomic mass is 16.5. The van der Waals surface area contributed by atoms with E-state index in [1.54, 1.807) is 0 Å². The average Bonchev–Trinajstić information content (AvgIpc) is 2.58. The van der Waals surface area contributed by atoms with E-state index < -0.39 is 0 Å². The molecule has 2 heteroatoms. The van der Waals surface area contributed by atoms with Gasteiger partial charge in [-0.15, -0.1) is 0 Å². The van der Waals surface area contributed by atoms with Crippen molar-refractivity contribution in [1.29, 1.82) is 0 Å². The van der Waals surface area contributed by atoms with Gasteiger partial charge in [0.1, 0.15) is 11.5 Å². The minimum atomic E-state index is 0.317. The van der Waals surface area contributed by atoms with Crippen molar-refractivity contribution in [3.63, 3.8) is 0 Å². The molecule has 2 aromatic carbocycles. The van der Waals surface area contributed by atoms with Gasteiger partial charge in [0, 0.05) is 0 Å². The van der Waals surface area contributed by atoms with Crippen LogP contribution in [-0.2, 0) is 0 Å². The second-order valence-electron chi connectivity index (χ2n) is 5.47. The van der Waals surface area contributed by atoms with Crippen LogP contribution in [0.15, 0.2) is 60.7 Å². The second-order valence-corrected chi connectivity index (χ2v) is 5.47. The van der Waals surface area contributed by atoms with E-state index in [4.69, 9.17) is 9.47 Å². The number of hydrogen-bond donors (Lipinski definition) is 0. The molecule has 2 rings (SSSR count). The Morgan fingerprint density at radius 1 is 0.773 bits per heavy atom. The Hall–Kier alpha value is -1.96. The van der Waals surface area contributed by atoms with Gasteiger partial charge in [-0.25, -0.2) is 0 Å². The van der Waals surface area contributed by atoms with Crippen LogP contribution in [-0.4, -0.2) is 12.7 Å². The third-order valence-electron chi connectivity index (χ3n) is 3.68. The highest BCUT2D eigenvalue weighted by molar-refractivity contribution is 5.21. The molecule has 0 heterocycles. The smallest absolute Gasteiger partial charge is 0.119 e. The highest BCUT2D eigenvalue weighted by Crippen LogP contribution is 2.17. The van der Waals surface area contributed by atoms with Gasteiger partial charge in [0.15, 0.2) is 0 Å². The Bertz CT molecular complexity index is 496. The van der Waals surface area contributed by atoms with Gasteiger partial charge in [-0.2, -0.15) is 0 Å². The van der Waals surface area contributed by atoms with Crippen molar-refractivity contribution < 1.29 is 9.47 Å². The first-order valence-electron chi connectivity index (χ1n) is 8.28. The van der Waals surface area contributed by atoms with Crippen molar-refractivity contribution in [2.24, 2.45) is 0 Å². The largest absolute Gasteiger partial charge is 0.494 e. The minimum absolute atomic E-state index is 0.317. The van der Waals surface area contributed by atoms with Crippen molar-refractivity contribution in [1.82, 2.24) is 0 Å².